The summed E-state index contributed by atoms with van der Waals surface area (Å²) in [6.07, 6.45) is 4.70. The maximum absolute atomic E-state index is 12.5. The molecule has 3 heterocycles. The number of halogens is 1. The van der Waals surface area contributed by atoms with Crippen LogP contribution in [0.2, 0.25) is 0 Å². The summed E-state index contributed by atoms with van der Waals surface area (Å²) in [4.78, 5) is 49.0. The summed E-state index contributed by atoms with van der Waals surface area (Å²) in [6.45, 7) is 7.00. The highest BCUT2D eigenvalue weighted by atomic mass is 35.5. The lowest BCUT2D eigenvalue weighted by molar-refractivity contribution is -0.140. The molecule has 2 saturated heterocycles. The molecule has 1 aromatic carbocycles. The smallest absolute Gasteiger partial charge is 0.407 e. The number of hydrogen-bond acceptors (Lipinski definition) is 8. The molecule has 10 nitrogen and oxygen atoms in total. The monoisotopic (exact) mass is 603 g/mol. The van der Waals surface area contributed by atoms with Crippen LogP contribution in [-0.2, 0) is 38.6 Å². The molecular weight excluding hydrogens is 570 g/mol. The maximum Gasteiger partial charge on any atom is 0.407 e. The first-order valence-electron chi connectivity index (χ1n) is 13.8. The highest BCUT2D eigenvalue weighted by molar-refractivity contribution is 7.03. The van der Waals surface area contributed by atoms with Gasteiger partial charge in [-0.2, -0.15) is 0 Å². The third kappa shape index (κ3) is 6.68. The number of esters is 1. The van der Waals surface area contributed by atoms with Gasteiger partial charge in [0.15, 0.2) is 0 Å². The second-order valence-electron chi connectivity index (χ2n) is 10.9. The van der Waals surface area contributed by atoms with Crippen molar-refractivity contribution in [2.75, 3.05) is 12.5 Å². The molecule has 5 rings (SSSR count). The van der Waals surface area contributed by atoms with Crippen molar-refractivity contribution in [1.29, 1.82) is 0 Å². The zero-order valence-electron chi connectivity index (χ0n) is 22.9. The molecule has 2 aliphatic heterocycles. The van der Waals surface area contributed by atoms with Crippen molar-refractivity contribution in [3.63, 3.8) is 0 Å². The van der Waals surface area contributed by atoms with Gasteiger partial charge in [0.2, 0.25) is 0 Å². The van der Waals surface area contributed by atoms with Crippen molar-refractivity contribution in [3.8, 4) is 0 Å². The zero-order chi connectivity index (χ0) is 29.1. The molecule has 12 heteroatoms. The Kier molecular flexibility index (Phi) is 8.86. The Morgan fingerprint density at radius 2 is 2.00 bits per heavy atom. The zero-order valence-corrected chi connectivity index (χ0v) is 24.5. The number of rotatable bonds is 9. The number of fused-ring (bicyclic) bond motifs is 3. The molecule has 220 valence electrons. The minimum atomic E-state index is -0.534. The summed E-state index contributed by atoms with van der Waals surface area (Å²) in [7, 11) is 0. The number of benzene rings is 1. The number of hydrogen-bond donors (Lipinski definition) is 1. The van der Waals surface area contributed by atoms with E-state index in [2.05, 4.69) is 18.0 Å². The van der Waals surface area contributed by atoms with Crippen LogP contribution in [0.1, 0.15) is 50.2 Å². The Hall–Kier alpha value is -3.15. The molecule has 0 spiro atoms. The van der Waals surface area contributed by atoms with E-state index in [4.69, 9.17) is 25.8 Å². The topological polar surface area (TPSA) is 121 Å². The Morgan fingerprint density at radius 1 is 1.24 bits per heavy atom. The Morgan fingerprint density at radius 3 is 2.76 bits per heavy atom. The molecule has 3 aliphatic rings. The van der Waals surface area contributed by atoms with Crippen LogP contribution in [0.5, 0.6) is 0 Å². The number of allylic oxidation sites excluding steroid dienone is 1. The number of alkyl halides is 1. The van der Waals surface area contributed by atoms with E-state index >= 15 is 0 Å². The molecule has 1 aromatic heterocycles. The first-order valence-corrected chi connectivity index (χ1v) is 15.1. The molecule has 0 radical (unpaired) electrons. The second-order valence-corrected chi connectivity index (χ2v) is 12.3. The van der Waals surface area contributed by atoms with Crippen LogP contribution in [0.25, 0.3) is 0 Å². The number of aryl methyl sites for hydroxylation is 1. The van der Waals surface area contributed by atoms with Crippen molar-refractivity contribution in [2.45, 2.75) is 76.5 Å². The Labute approximate surface area is 246 Å². The van der Waals surface area contributed by atoms with Crippen LogP contribution in [0.4, 0.5) is 4.79 Å². The summed E-state index contributed by atoms with van der Waals surface area (Å²) in [5, 5.41) is 2.76. The van der Waals surface area contributed by atoms with Gasteiger partial charge in [-0.25, -0.2) is 22.9 Å². The summed E-state index contributed by atoms with van der Waals surface area (Å²) in [5.41, 5.74) is 2.48. The molecule has 2 aromatic rings. The van der Waals surface area contributed by atoms with E-state index in [0.29, 0.717) is 37.3 Å². The van der Waals surface area contributed by atoms with Gasteiger partial charge < -0.3 is 19.5 Å². The van der Waals surface area contributed by atoms with Crippen molar-refractivity contribution in [1.82, 2.24) is 13.8 Å². The number of epoxide rings is 1. The van der Waals surface area contributed by atoms with Crippen molar-refractivity contribution < 1.29 is 23.8 Å². The fourth-order valence-corrected chi connectivity index (χ4v) is 6.40. The fraction of sp³-hybridized carbons (Fsp3) is 0.517. The lowest BCUT2D eigenvalue weighted by atomic mass is 9.84. The third-order valence-electron chi connectivity index (χ3n) is 7.98. The quantitative estimate of drug-likeness (QED) is 0.152. The van der Waals surface area contributed by atoms with Crippen LogP contribution < -0.4 is 15.9 Å². The maximum atomic E-state index is 12.5. The number of nitrogens with one attached hydrogen (secondary N) is 1. The molecule has 1 aliphatic carbocycles. The van der Waals surface area contributed by atoms with Crippen LogP contribution in [0.3, 0.4) is 0 Å². The van der Waals surface area contributed by atoms with Crippen LogP contribution in [0, 0.1) is 5.92 Å². The van der Waals surface area contributed by atoms with Crippen LogP contribution in [0.15, 0.2) is 57.7 Å². The Bertz CT molecular complexity index is 1460. The van der Waals surface area contributed by atoms with Gasteiger partial charge in [-0.3, -0.25) is 4.79 Å². The van der Waals surface area contributed by atoms with Crippen molar-refractivity contribution >= 4 is 35.2 Å². The van der Waals surface area contributed by atoms with Gasteiger partial charge >= 0.3 is 22.6 Å². The largest absolute Gasteiger partial charge is 0.455 e. The van der Waals surface area contributed by atoms with E-state index < -0.39 is 6.09 Å². The second kappa shape index (κ2) is 12.4. The number of carbonyl (C=O) groups excluding carboxylic acids is 2. The molecule has 0 saturated carbocycles. The van der Waals surface area contributed by atoms with Gasteiger partial charge in [-0.05, 0) is 55.7 Å². The predicted octanol–water partition coefficient (Wildman–Crippen LogP) is 3.73. The fourth-order valence-electron chi connectivity index (χ4n) is 5.45. The predicted molar refractivity (Wildman–Crippen MR) is 154 cm³/mol. The lowest BCUT2D eigenvalue weighted by Crippen LogP contribution is -2.29. The van der Waals surface area contributed by atoms with Crippen LogP contribution >= 0.6 is 23.1 Å². The van der Waals surface area contributed by atoms with Gasteiger partial charge in [0.25, 0.3) is 0 Å². The number of carbonyl (C=O) groups is 2. The van der Waals surface area contributed by atoms with Crippen molar-refractivity contribution in [3.05, 3.63) is 79.3 Å². The summed E-state index contributed by atoms with van der Waals surface area (Å²) < 4.78 is 19.7. The van der Waals surface area contributed by atoms with Crippen molar-refractivity contribution in [2.24, 2.45) is 5.92 Å². The number of amides is 1. The van der Waals surface area contributed by atoms with Gasteiger partial charge in [-0.1, -0.05) is 36.9 Å². The molecule has 41 heavy (non-hydrogen) atoms. The minimum Gasteiger partial charge on any atom is -0.455 e. The molecule has 0 unspecified atom stereocenters. The van der Waals surface area contributed by atoms with E-state index in [1.807, 2.05) is 31.2 Å². The van der Waals surface area contributed by atoms with Gasteiger partial charge in [0.1, 0.15) is 18.8 Å². The SMILES string of the molecule is C=C1C(=O)O[C@H]2[C@H]1CC/C(COC(=O)NCc1ccc(Cn3c(=O)sn(CCCCl)c3=O)cc1)=C\CC[C@@]1(C)O[C@@H]21. The number of nitrogens with zero attached hydrogens (tertiary/aromatic N) is 2. The normalized spacial score (nSPS) is 26.8. The highest BCUT2D eigenvalue weighted by Crippen LogP contribution is 2.49. The van der Waals surface area contributed by atoms with E-state index in [-0.39, 0.29) is 60.0 Å². The van der Waals surface area contributed by atoms with Crippen LogP contribution in [-0.4, -0.2) is 50.9 Å². The molecule has 2 fully saturated rings. The summed E-state index contributed by atoms with van der Waals surface area (Å²) >= 11 is 6.60. The first kappa shape index (κ1) is 29.3. The number of ether oxygens (including phenoxy) is 3. The average molecular weight is 604 g/mol. The molecule has 1 amide bonds. The molecular formula is C29H34ClN3O7S. The van der Waals surface area contributed by atoms with E-state index in [1.165, 1.54) is 8.52 Å². The third-order valence-corrected chi connectivity index (χ3v) is 9.18. The standard InChI is InChI=1S/C29H34ClN3O7S/c1-18-22-11-10-21(5-3-12-29(2)24(40-29)23(22)39-25(18)34)17-38-26(35)31-15-19-6-8-20(9-7-19)16-32-27(36)33(14-4-13-30)41-28(32)37/h5-9,22-24H,1,3-4,10-17H2,2H3,(H,31,35)/b21-5+/t22-,23-,24-,29+/m0/s1. The first-order chi connectivity index (χ1) is 19.7. The molecule has 0 bridgehead atoms. The van der Waals surface area contributed by atoms with Gasteiger partial charge in [0, 0.05) is 42.0 Å². The van der Waals surface area contributed by atoms with E-state index in [0.717, 1.165) is 41.1 Å². The number of alkyl carbamates (subject to hydrolysis) is 1. The van der Waals surface area contributed by atoms with E-state index in [9.17, 15) is 19.2 Å². The number of aromatic nitrogens is 2. The highest BCUT2D eigenvalue weighted by Gasteiger charge is 2.61. The minimum absolute atomic E-state index is 0.0949. The van der Waals surface area contributed by atoms with Gasteiger partial charge in [-0.15, -0.1) is 11.6 Å². The van der Waals surface area contributed by atoms with Gasteiger partial charge in [0.05, 0.1) is 12.1 Å². The van der Waals surface area contributed by atoms with E-state index in [1.54, 1.807) is 0 Å². The summed E-state index contributed by atoms with van der Waals surface area (Å²) in [6, 6.07) is 7.33. The summed E-state index contributed by atoms with van der Waals surface area (Å²) in [5.74, 6) is -0.0400. The Balaban J connectivity index is 1.11. The molecule has 4 atom stereocenters. The average Bonchev–Trinajstić information content (AvgIpc) is 3.45. The molecule has 1 N–H and O–H groups in total. The lowest BCUT2D eigenvalue weighted by Gasteiger charge is -2.20.